The first-order valence-electron chi connectivity index (χ1n) is 3.75. The third kappa shape index (κ3) is 1.31. The van der Waals surface area contributed by atoms with Crippen molar-refractivity contribution in [2.45, 2.75) is 6.42 Å². The number of nitro benzene ring substituents is 1. The average Bonchev–Trinajstić information content (AvgIpc) is 2.42. The molecule has 0 N–H and O–H groups in total. The van der Waals surface area contributed by atoms with Gasteiger partial charge < -0.3 is 4.74 Å². The van der Waals surface area contributed by atoms with Gasteiger partial charge in [0.25, 0.3) is 0 Å². The molecule has 0 aromatic heterocycles. The molecular weight excluding hydrogens is 210 g/mol. The zero-order chi connectivity index (χ0) is 10.3. The third-order valence-electron chi connectivity index (χ3n) is 1.86. The lowest BCUT2D eigenvalue weighted by Crippen LogP contribution is -2.01. The number of benzene rings is 1. The summed E-state index contributed by atoms with van der Waals surface area (Å²) in [5, 5.41) is 10.8. The summed E-state index contributed by atoms with van der Waals surface area (Å²) in [6, 6.07) is 2.66. The summed E-state index contributed by atoms with van der Waals surface area (Å²) in [4.78, 5) is 20.9. The molecule has 0 spiro atoms. The molecule has 1 aromatic carbocycles. The highest BCUT2D eigenvalue weighted by atomic mass is 35.5. The summed E-state index contributed by atoms with van der Waals surface area (Å²) in [5.41, 5.74) is 0.201. The Labute approximate surface area is 83.4 Å². The van der Waals surface area contributed by atoms with Gasteiger partial charge in [-0.3, -0.25) is 14.9 Å². The lowest BCUT2D eigenvalue weighted by Gasteiger charge is -1.99. The minimum absolute atomic E-state index is 0.0180. The van der Waals surface area contributed by atoms with Crippen LogP contribution in [0.1, 0.15) is 5.56 Å². The molecule has 0 bridgehead atoms. The van der Waals surface area contributed by atoms with Crippen molar-refractivity contribution in [1.82, 2.24) is 0 Å². The summed E-state index contributed by atoms with van der Waals surface area (Å²) in [7, 11) is 0. The van der Waals surface area contributed by atoms with Crippen molar-refractivity contribution in [3.05, 3.63) is 32.8 Å². The van der Waals surface area contributed by atoms with Crippen LogP contribution < -0.4 is 4.74 Å². The van der Waals surface area contributed by atoms with Gasteiger partial charge >= 0.3 is 11.7 Å². The van der Waals surface area contributed by atoms with Gasteiger partial charge in [0.15, 0.2) is 0 Å². The maximum atomic E-state index is 10.9. The van der Waals surface area contributed by atoms with Gasteiger partial charge in [0.2, 0.25) is 5.75 Å². The predicted octanol–water partition coefficient (Wildman–Crippen LogP) is 1.71. The molecule has 0 saturated heterocycles. The number of carbonyl (C=O) groups is 1. The third-order valence-corrected chi connectivity index (χ3v) is 2.08. The lowest BCUT2D eigenvalue weighted by atomic mass is 10.1. The summed E-state index contributed by atoms with van der Waals surface area (Å²) in [6.07, 6.45) is 0.0384. The van der Waals surface area contributed by atoms with Crippen molar-refractivity contribution in [2.75, 3.05) is 0 Å². The van der Waals surface area contributed by atoms with Crippen LogP contribution in [0.3, 0.4) is 0 Å². The first-order valence-corrected chi connectivity index (χ1v) is 4.13. The molecule has 5 nitrogen and oxygen atoms in total. The van der Waals surface area contributed by atoms with Gasteiger partial charge in [-0.05, 0) is 6.07 Å². The topological polar surface area (TPSA) is 69.4 Å². The van der Waals surface area contributed by atoms with Crippen molar-refractivity contribution in [3.8, 4) is 5.75 Å². The van der Waals surface area contributed by atoms with Crippen molar-refractivity contribution < 1.29 is 14.5 Å². The van der Waals surface area contributed by atoms with E-state index in [9.17, 15) is 14.9 Å². The molecule has 1 aromatic rings. The molecular formula is C8H4ClNO4. The van der Waals surface area contributed by atoms with Gasteiger partial charge in [-0.1, -0.05) is 11.6 Å². The zero-order valence-corrected chi connectivity index (χ0v) is 7.58. The highest BCUT2D eigenvalue weighted by Crippen LogP contribution is 2.38. The Kier molecular flexibility index (Phi) is 1.89. The SMILES string of the molecule is O=C1Cc2cc(Cl)cc([N+](=O)[O-])c2O1. The summed E-state index contributed by atoms with van der Waals surface area (Å²) >= 11 is 5.65. The number of ether oxygens (including phenoxy) is 1. The van der Waals surface area contributed by atoms with E-state index in [1.165, 1.54) is 12.1 Å². The zero-order valence-electron chi connectivity index (χ0n) is 6.82. The van der Waals surface area contributed by atoms with Gasteiger partial charge in [0.05, 0.1) is 11.3 Å². The molecule has 2 rings (SSSR count). The second kappa shape index (κ2) is 2.95. The van der Waals surface area contributed by atoms with Gasteiger partial charge in [-0.2, -0.15) is 0 Å². The second-order valence-corrected chi connectivity index (χ2v) is 3.26. The molecule has 72 valence electrons. The summed E-state index contributed by atoms with van der Waals surface area (Å²) in [6.45, 7) is 0. The highest BCUT2D eigenvalue weighted by Gasteiger charge is 2.29. The minimum atomic E-state index is -0.622. The molecule has 14 heavy (non-hydrogen) atoms. The van der Waals surface area contributed by atoms with Crippen LogP contribution in [0.4, 0.5) is 5.69 Å². The fourth-order valence-corrected chi connectivity index (χ4v) is 1.56. The molecule has 0 radical (unpaired) electrons. The molecule has 0 fully saturated rings. The van der Waals surface area contributed by atoms with E-state index in [1.54, 1.807) is 0 Å². The Bertz CT molecular complexity index is 443. The Morgan fingerprint density at radius 2 is 2.21 bits per heavy atom. The quantitative estimate of drug-likeness (QED) is 0.308. The van der Waals surface area contributed by atoms with Crippen LogP contribution in [0.5, 0.6) is 5.75 Å². The Morgan fingerprint density at radius 1 is 1.50 bits per heavy atom. The number of esters is 1. The van der Waals surface area contributed by atoms with E-state index in [0.29, 0.717) is 5.56 Å². The number of carbonyl (C=O) groups excluding carboxylic acids is 1. The molecule has 0 unspecified atom stereocenters. The lowest BCUT2D eigenvalue weighted by molar-refractivity contribution is -0.385. The smallest absolute Gasteiger partial charge is 0.316 e. The molecule has 0 atom stereocenters. The van der Waals surface area contributed by atoms with Gasteiger partial charge in [0, 0.05) is 16.7 Å². The van der Waals surface area contributed by atoms with Crippen LogP contribution >= 0.6 is 11.6 Å². The summed E-state index contributed by atoms with van der Waals surface area (Å²) < 4.78 is 4.72. The standard InChI is InChI=1S/C8H4ClNO4/c9-5-1-4-2-7(11)14-8(4)6(3-5)10(12)13/h1,3H,2H2. The second-order valence-electron chi connectivity index (χ2n) is 2.82. The number of halogens is 1. The van der Waals surface area contributed by atoms with E-state index in [2.05, 4.69) is 0 Å². The molecule has 1 heterocycles. The molecule has 0 saturated carbocycles. The normalized spacial score (nSPS) is 13.6. The van der Waals surface area contributed by atoms with E-state index in [0.717, 1.165) is 0 Å². The monoisotopic (exact) mass is 213 g/mol. The van der Waals surface area contributed by atoms with Crippen LogP contribution in [-0.2, 0) is 11.2 Å². The molecule has 0 amide bonds. The maximum absolute atomic E-state index is 10.9. The summed E-state index contributed by atoms with van der Waals surface area (Å²) in [5.74, 6) is -0.477. The molecule has 0 aliphatic carbocycles. The van der Waals surface area contributed by atoms with E-state index in [-0.39, 0.29) is 22.9 Å². The number of rotatable bonds is 1. The number of hydrogen-bond donors (Lipinski definition) is 0. The van der Waals surface area contributed by atoms with Crippen LogP contribution in [0.2, 0.25) is 5.02 Å². The molecule has 1 aliphatic heterocycles. The van der Waals surface area contributed by atoms with Crippen molar-refractivity contribution >= 4 is 23.3 Å². The number of hydrogen-bond acceptors (Lipinski definition) is 4. The predicted molar refractivity (Wildman–Crippen MR) is 47.4 cm³/mol. The Morgan fingerprint density at radius 3 is 2.86 bits per heavy atom. The first-order chi connectivity index (χ1) is 6.58. The minimum Gasteiger partial charge on any atom is -0.419 e. The Hall–Kier alpha value is -1.62. The van der Waals surface area contributed by atoms with Crippen molar-refractivity contribution in [1.29, 1.82) is 0 Å². The number of nitro groups is 1. The van der Waals surface area contributed by atoms with Crippen LogP contribution in [0.25, 0.3) is 0 Å². The fraction of sp³-hybridized carbons (Fsp3) is 0.125. The van der Waals surface area contributed by atoms with Gasteiger partial charge in [0.1, 0.15) is 0 Å². The Balaban J connectivity index is 2.63. The van der Waals surface area contributed by atoms with Gasteiger partial charge in [-0.15, -0.1) is 0 Å². The van der Waals surface area contributed by atoms with Crippen LogP contribution in [-0.4, -0.2) is 10.9 Å². The average molecular weight is 214 g/mol. The van der Waals surface area contributed by atoms with E-state index < -0.39 is 10.9 Å². The maximum Gasteiger partial charge on any atom is 0.316 e. The van der Waals surface area contributed by atoms with Crippen LogP contribution in [0.15, 0.2) is 12.1 Å². The van der Waals surface area contributed by atoms with E-state index >= 15 is 0 Å². The largest absolute Gasteiger partial charge is 0.419 e. The van der Waals surface area contributed by atoms with Crippen molar-refractivity contribution in [2.24, 2.45) is 0 Å². The van der Waals surface area contributed by atoms with Crippen molar-refractivity contribution in [3.63, 3.8) is 0 Å². The highest BCUT2D eigenvalue weighted by molar-refractivity contribution is 6.31. The fourth-order valence-electron chi connectivity index (χ4n) is 1.32. The van der Waals surface area contributed by atoms with Crippen LogP contribution in [0, 0.1) is 10.1 Å². The first kappa shape index (κ1) is 8.96. The van der Waals surface area contributed by atoms with Gasteiger partial charge in [-0.25, -0.2) is 0 Å². The van der Waals surface area contributed by atoms with E-state index in [4.69, 9.17) is 16.3 Å². The van der Waals surface area contributed by atoms with E-state index in [1.807, 2.05) is 0 Å². The molecule has 6 heteroatoms. The number of nitrogens with zero attached hydrogens (tertiary/aromatic N) is 1. The molecule has 1 aliphatic rings. The number of fused-ring (bicyclic) bond motifs is 1.